The highest BCUT2D eigenvalue weighted by atomic mass is 16.3. The van der Waals surface area contributed by atoms with Crippen LogP contribution in [0.25, 0.3) is 0 Å². The molecule has 0 radical (unpaired) electrons. The molecule has 1 amide bonds. The minimum atomic E-state index is -0.114. The van der Waals surface area contributed by atoms with Gasteiger partial charge in [0.25, 0.3) is 5.91 Å². The van der Waals surface area contributed by atoms with Crippen LogP contribution in [0.2, 0.25) is 0 Å². The standard InChI is InChI=1S/C18H21N3O2/c22-13-16-7-4-10-21(16)17-11-15(8-9-19-17)18(23)20-12-14-5-2-1-3-6-14/h1-3,5-6,8-9,11,16,22H,4,7,10,12-13H2,(H,20,23). The molecule has 23 heavy (non-hydrogen) atoms. The molecule has 0 bridgehead atoms. The molecule has 1 aromatic heterocycles. The monoisotopic (exact) mass is 311 g/mol. The lowest BCUT2D eigenvalue weighted by Crippen LogP contribution is -2.33. The topological polar surface area (TPSA) is 65.5 Å². The lowest BCUT2D eigenvalue weighted by molar-refractivity contribution is 0.0951. The number of hydrogen-bond acceptors (Lipinski definition) is 4. The van der Waals surface area contributed by atoms with Gasteiger partial charge in [0.05, 0.1) is 12.6 Å². The molecule has 1 atom stereocenters. The predicted molar refractivity (Wildman–Crippen MR) is 89.3 cm³/mol. The molecular weight excluding hydrogens is 290 g/mol. The number of rotatable bonds is 5. The van der Waals surface area contributed by atoms with Crippen LogP contribution in [0.1, 0.15) is 28.8 Å². The molecule has 2 aromatic rings. The molecule has 2 N–H and O–H groups in total. The second-order valence-electron chi connectivity index (χ2n) is 5.74. The number of aliphatic hydroxyl groups is 1. The van der Waals surface area contributed by atoms with Gasteiger partial charge in [-0.25, -0.2) is 4.98 Å². The number of anilines is 1. The molecular formula is C18H21N3O2. The van der Waals surface area contributed by atoms with E-state index in [1.54, 1.807) is 18.3 Å². The van der Waals surface area contributed by atoms with E-state index in [9.17, 15) is 9.90 Å². The quantitative estimate of drug-likeness (QED) is 0.886. The number of benzene rings is 1. The van der Waals surface area contributed by atoms with E-state index in [0.717, 1.165) is 30.8 Å². The first-order valence-electron chi connectivity index (χ1n) is 7.93. The van der Waals surface area contributed by atoms with Gasteiger partial charge < -0.3 is 15.3 Å². The summed E-state index contributed by atoms with van der Waals surface area (Å²) in [6.45, 7) is 1.49. The average molecular weight is 311 g/mol. The molecule has 0 aliphatic carbocycles. The van der Waals surface area contributed by atoms with Gasteiger partial charge in [-0.15, -0.1) is 0 Å². The van der Waals surface area contributed by atoms with Crippen molar-refractivity contribution in [1.29, 1.82) is 0 Å². The Morgan fingerprint density at radius 3 is 2.91 bits per heavy atom. The van der Waals surface area contributed by atoms with Crippen LogP contribution in [0.4, 0.5) is 5.82 Å². The molecule has 1 unspecified atom stereocenters. The lowest BCUT2D eigenvalue weighted by atomic mass is 10.2. The molecule has 1 aromatic carbocycles. The first-order chi connectivity index (χ1) is 11.3. The van der Waals surface area contributed by atoms with Gasteiger partial charge >= 0.3 is 0 Å². The number of nitrogens with zero attached hydrogens (tertiary/aromatic N) is 2. The smallest absolute Gasteiger partial charge is 0.251 e. The third kappa shape index (κ3) is 3.68. The average Bonchev–Trinajstić information content (AvgIpc) is 3.09. The Morgan fingerprint density at radius 1 is 1.30 bits per heavy atom. The van der Waals surface area contributed by atoms with Crippen LogP contribution >= 0.6 is 0 Å². The number of hydrogen-bond donors (Lipinski definition) is 2. The Labute approximate surface area is 136 Å². The second-order valence-corrected chi connectivity index (χ2v) is 5.74. The number of nitrogens with one attached hydrogen (secondary N) is 1. The SMILES string of the molecule is O=C(NCc1ccccc1)c1ccnc(N2CCCC2CO)c1. The summed E-state index contributed by atoms with van der Waals surface area (Å²) in [5.41, 5.74) is 1.66. The largest absolute Gasteiger partial charge is 0.394 e. The molecule has 1 aliphatic rings. The predicted octanol–water partition coefficient (Wildman–Crippen LogP) is 1.97. The number of carbonyl (C=O) groups is 1. The third-order valence-electron chi connectivity index (χ3n) is 4.19. The van der Waals surface area contributed by atoms with Gasteiger partial charge in [0.1, 0.15) is 5.82 Å². The fourth-order valence-electron chi connectivity index (χ4n) is 2.92. The number of aliphatic hydroxyl groups excluding tert-OH is 1. The number of amides is 1. The zero-order valence-corrected chi connectivity index (χ0v) is 13.0. The van der Waals surface area contributed by atoms with E-state index in [0.29, 0.717) is 12.1 Å². The maximum Gasteiger partial charge on any atom is 0.251 e. The Bertz CT molecular complexity index is 660. The highest BCUT2D eigenvalue weighted by Crippen LogP contribution is 2.24. The summed E-state index contributed by atoms with van der Waals surface area (Å²) >= 11 is 0. The molecule has 5 nitrogen and oxygen atoms in total. The van der Waals surface area contributed by atoms with Gasteiger partial charge in [0.15, 0.2) is 0 Å². The zero-order chi connectivity index (χ0) is 16.1. The first kappa shape index (κ1) is 15.5. The van der Waals surface area contributed by atoms with Crippen molar-refractivity contribution in [3.05, 3.63) is 59.8 Å². The number of aromatic nitrogens is 1. The van der Waals surface area contributed by atoms with Crippen molar-refractivity contribution in [2.24, 2.45) is 0 Å². The van der Waals surface area contributed by atoms with E-state index in [1.807, 2.05) is 30.3 Å². The molecule has 3 rings (SSSR count). The maximum absolute atomic E-state index is 12.3. The van der Waals surface area contributed by atoms with Gasteiger partial charge in [-0.2, -0.15) is 0 Å². The van der Waals surface area contributed by atoms with Crippen LogP contribution in [0, 0.1) is 0 Å². The van der Waals surface area contributed by atoms with Gasteiger partial charge in [-0.05, 0) is 30.5 Å². The summed E-state index contributed by atoms with van der Waals surface area (Å²) in [5.74, 6) is 0.645. The van der Waals surface area contributed by atoms with E-state index >= 15 is 0 Å². The fourth-order valence-corrected chi connectivity index (χ4v) is 2.92. The van der Waals surface area contributed by atoms with Crippen LogP contribution in [0.3, 0.4) is 0 Å². The second kappa shape index (κ2) is 7.24. The first-order valence-corrected chi connectivity index (χ1v) is 7.93. The summed E-state index contributed by atoms with van der Waals surface area (Å²) < 4.78 is 0. The Balaban J connectivity index is 1.68. The zero-order valence-electron chi connectivity index (χ0n) is 13.0. The molecule has 120 valence electrons. The van der Waals surface area contributed by atoms with Crippen LogP contribution in [0.15, 0.2) is 48.7 Å². The van der Waals surface area contributed by atoms with Gasteiger partial charge in [-0.1, -0.05) is 30.3 Å². The van der Waals surface area contributed by atoms with Crippen molar-refractivity contribution in [2.75, 3.05) is 18.1 Å². The summed E-state index contributed by atoms with van der Waals surface area (Å²) in [4.78, 5) is 18.8. The summed E-state index contributed by atoms with van der Waals surface area (Å²) in [5, 5.41) is 12.4. The van der Waals surface area contributed by atoms with E-state index in [2.05, 4.69) is 15.2 Å². The molecule has 2 heterocycles. The molecule has 1 saturated heterocycles. The van der Waals surface area contributed by atoms with Crippen molar-refractivity contribution in [3.8, 4) is 0 Å². The van der Waals surface area contributed by atoms with Crippen LogP contribution in [0.5, 0.6) is 0 Å². The normalized spacial score (nSPS) is 17.3. The van der Waals surface area contributed by atoms with Crippen LogP contribution < -0.4 is 10.2 Å². The highest BCUT2D eigenvalue weighted by molar-refractivity contribution is 5.94. The Morgan fingerprint density at radius 2 is 2.13 bits per heavy atom. The fraction of sp³-hybridized carbons (Fsp3) is 0.333. The molecule has 0 spiro atoms. The molecule has 1 fully saturated rings. The van der Waals surface area contributed by atoms with Crippen molar-refractivity contribution in [2.45, 2.75) is 25.4 Å². The van der Waals surface area contributed by atoms with Gasteiger partial charge in [0, 0.05) is 24.8 Å². The van der Waals surface area contributed by atoms with E-state index in [4.69, 9.17) is 0 Å². The molecule has 5 heteroatoms. The molecule has 0 saturated carbocycles. The van der Waals surface area contributed by atoms with Crippen LogP contribution in [-0.2, 0) is 6.54 Å². The van der Waals surface area contributed by atoms with Crippen LogP contribution in [-0.4, -0.2) is 35.2 Å². The van der Waals surface area contributed by atoms with E-state index in [1.165, 1.54) is 0 Å². The van der Waals surface area contributed by atoms with Gasteiger partial charge in [-0.3, -0.25) is 4.79 Å². The minimum Gasteiger partial charge on any atom is -0.394 e. The summed E-state index contributed by atoms with van der Waals surface area (Å²) in [7, 11) is 0. The van der Waals surface area contributed by atoms with E-state index in [-0.39, 0.29) is 18.6 Å². The maximum atomic E-state index is 12.3. The lowest BCUT2D eigenvalue weighted by Gasteiger charge is -2.24. The number of pyridine rings is 1. The summed E-state index contributed by atoms with van der Waals surface area (Å²) in [6.07, 6.45) is 3.65. The van der Waals surface area contributed by atoms with Crippen molar-refractivity contribution in [3.63, 3.8) is 0 Å². The molecule has 1 aliphatic heterocycles. The number of carbonyl (C=O) groups excluding carboxylic acids is 1. The van der Waals surface area contributed by atoms with E-state index < -0.39 is 0 Å². The van der Waals surface area contributed by atoms with Gasteiger partial charge in [0.2, 0.25) is 0 Å². The Kier molecular flexibility index (Phi) is 4.88. The highest BCUT2D eigenvalue weighted by Gasteiger charge is 2.25. The minimum absolute atomic E-state index is 0.102. The summed E-state index contributed by atoms with van der Waals surface area (Å²) in [6, 6.07) is 13.4. The van der Waals surface area contributed by atoms with Crippen molar-refractivity contribution in [1.82, 2.24) is 10.3 Å². The third-order valence-corrected chi connectivity index (χ3v) is 4.19. The van der Waals surface area contributed by atoms with Crippen molar-refractivity contribution < 1.29 is 9.90 Å². The Hall–Kier alpha value is -2.40. The van der Waals surface area contributed by atoms with Crippen molar-refractivity contribution >= 4 is 11.7 Å².